The molecule has 2 heterocycles. The summed E-state index contributed by atoms with van der Waals surface area (Å²) in [5, 5.41) is 18.1. The number of nitrogens with zero attached hydrogens (tertiary/aromatic N) is 2. The Bertz CT molecular complexity index is 1320. The highest BCUT2D eigenvalue weighted by atomic mass is 16.6. The molecule has 1 aromatic carbocycles. The van der Waals surface area contributed by atoms with Gasteiger partial charge in [0.2, 0.25) is 0 Å². The Kier molecular flexibility index (Phi) is 7.10. The molecule has 0 saturated carbocycles. The Morgan fingerprint density at radius 3 is 2.54 bits per heavy atom. The molecular weight excluding hydrogens is 474 g/mol. The highest BCUT2D eigenvalue weighted by molar-refractivity contribution is 6.04. The number of hydrogen-bond acceptors (Lipinski definition) is 7. The first-order chi connectivity index (χ1) is 17.6. The van der Waals surface area contributed by atoms with E-state index in [0.29, 0.717) is 18.4 Å². The highest BCUT2D eigenvalue weighted by Crippen LogP contribution is 2.37. The Hall–Kier alpha value is -4.47. The maximum atomic E-state index is 13.5. The van der Waals surface area contributed by atoms with Crippen LogP contribution in [0.15, 0.2) is 60.9 Å². The second kappa shape index (κ2) is 10.3. The number of aromatic nitrogens is 2. The normalized spacial score (nSPS) is 16.4. The summed E-state index contributed by atoms with van der Waals surface area (Å²) in [6.07, 6.45) is 3.30. The van der Waals surface area contributed by atoms with Gasteiger partial charge in [0.15, 0.2) is 5.69 Å². The Labute approximate surface area is 214 Å². The van der Waals surface area contributed by atoms with Crippen LogP contribution in [0.3, 0.4) is 0 Å². The summed E-state index contributed by atoms with van der Waals surface area (Å²) >= 11 is 0. The van der Waals surface area contributed by atoms with Crippen molar-refractivity contribution in [3.8, 4) is 5.75 Å². The number of aryl methyl sites for hydroxylation is 1. The van der Waals surface area contributed by atoms with E-state index in [4.69, 9.17) is 4.74 Å². The van der Waals surface area contributed by atoms with Crippen molar-refractivity contribution in [2.24, 2.45) is 0 Å². The minimum Gasteiger partial charge on any atom is -0.505 e. The van der Waals surface area contributed by atoms with Crippen molar-refractivity contribution in [2.45, 2.75) is 51.3 Å². The molecule has 0 fully saturated rings. The van der Waals surface area contributed by atoms with Crippen LogP contribution < -0.4 is 16.0 Å². The monoisotopic (exact) mass is 503 g/mol. The van der Waals surface area contributed by atoms with E-state index in [1.54, 1.807) is 32.9 Å². The number of nitrogens with one attached hydrogen (secondary N) is 3. The van der Waals surface area contributed by atoms with E-state index in [2.05, 4.69) is 25.9 Å². The molecule has 4 rings (SSSR count). The summed E-state index contributed by atoms with van der Waals surface area (Å²) in [6.45, 7) is 5.45. The van der Waals surface area contributed by atoms with Crippen LogP contribution in [0.1, 0.15) is 54.4 Å². The van der Waals surface area contributed by atoms with Crippen LogP contribution in [0, 0.1) is 0 Å². The van der Waals surface area contributed by atoms with Gasteiger partial charge in [-0.25, -0.2) is 14.8 Å². The summed E-state index contributed by atoms with van der Waals surface area (Å²) in [7, 11) is 0. The lowest BCUT2D eigenvalue weighted by atomic mass is 9.90. The molecule has 1 aliphatic carbocycles. The molecule has 37 heavy (non-hydrogen) atoms. The van der Waals surface area contributed by atoms with Crippen molar-refractivity contribution in [3.63, 3.8) is 0 Å². The molecule has 0 aliphatic heterocycles. The maximum Gasteiger partial charge on any atom is 0.408 e. The summed E-state index contributed by atoms with van der Waals surface area (Å²) in [5.74, 6) is -0.923. The summed E-state index contributed by atoms with van der Waals surface area (Å²) in [4.78, 5) is 46.6. The first-order valence-electron chi connectivity index (χ1n) is 11.9. The van der Waals surface area contributed by atoms with Gasteiger partial charge >= 0.3 is 6.09 Å². The molecular formula is C27H29N5O5. The average Bonchev–Trinajstić information content (AvgIpc) is 3.22. The number of fused-ring (bicyclic) bond motifs is 1. The topological polar surface area (TPSA) is 143 Å². The van der Waals surface area contributed by atoms with Gasteiger partial charge in [-0.2, -0.15) is 0 Å². The van der Waals surface area contributed by atoms with Gasteiger partial charge in [-0.05, 0) is 68.5 Å². The zero-order valence-corrected chi connectivity index (χ0v) is 20.9. The molecule has 2 aromatic heterocycles. The van der Waals surface area contributed by atoms with Gasteiger partial charge in [0.25, 0.3) is 11.8 Å². The van der Waals surface area contributed by atoms with Crippen LogP contribution >= 0.6 is 0 Å². The molecule has 3 amide bonds. The average molecular weight is 504 g/mol. The Morgan fingerprint density at radius 1 is 1.05 bits per heavy atom. The van der Waals surface area contributed by atoms with E-state index in [9.17, 15) is 19.5 Å². The van der Waals surface area contributed by atoms with E-state index < -0.39 is 23.1 Å². The van der Waals surface area contributed by atoms with Crippen molar-refractivity contribution in [2.75, 3.05) is 5.32 Å². The third kappa shape index (κ3) is 5.85. The summed E-state index contributed by atoms with van der Waals surface area (Å²) in [6, 6.07) is 13.7. The molecule has 0 bridgehead atoms. The van der Waals surface area contributed by atoms with Gasteiger partial charge in [-0.1, -0.05) is 30.3 Å². The first kappa shape index (κ1) is 25.6. The molecule has 1 atom stereocenters. The molecule has 0 saturated heterocycles. The zero-order chi connectivity index (χ0) is 26.6. The Morgan fingerprint density at radius 2 is 1.84 bits per heavy atom. The minimum absolute atomic E-state index is 0.111. The number of pyridine rings is 2. The number of ether oxygens (including phenoxy) is 1. The number of amides is 3. The van der Waals surface area contributed by atoms with E-state index in [1.807, 2.05) is 24.3 Å². The van der Waals surface area contributed by atoms with Crippen molar-refractivity contribution in [1.29, 1.82) is 0 Å². The molecule has 10 nitrogen and oxygen atoms in total. The number of anilines is 1. The van der Waals surface area contributed by atoms with Crippen LogP contribution in [0.4, 0.5) is 10.6 Å². The lowest BCUT2D eigenvalue weighted by Gasteiger charge is -2.31. The number of benzene rings is 1. The first-order valence-corrected chi connectivity index (χ1v) is 11.9. The molecule has 10 heteroatoms. The molecule has 192 valence electrons. The second-order valence-corrected chi connectivity index (χ2v) is 9.75. The van der Waals surface area contributed by atoms with Gasteiger partial charge in [0, 0.05) is 18.9 Å². The molecule has 4 N–H and O–H groups in total. The third-order valence-electron chi connectivity index (χ3n) is 5.87. The van der Waals surface area contributed by atoms with E-state index in [0.717, 1.165) is 11.1 Å². The predicted molar refractivity (Wildman–Crippen MR) is 136 cm³/mol. The Balaban J connectivity index is 1.45. The van der Waals surface area contributed by atoms with Gasteiger partial charge in [0.05, 0.1) is 0 Å². The number of aromatic hydroxyl groups is 1. The fourth-order valence-corrected chi connectivity index (χ4v) is 4.20. The van der Waals surface area contributed by atoms with Gasteiger partial charge in [0.1, 0.15) is 22.7 Å². The number of carbonyl (C=O) groups is 3. The van der Waals surface area contributed by atoms with Crippen LogP contribution in [0.2, 0.25) is 0 Å². The van der Waals surface area contributed by atoms with Crippen LogP contribution in [0.25, 0.3) is 0 Å². The number of alkyl carbamates (subject to hydrolysis) is 1. The van der Waals surface area contributed by atoms with Crippen molar-refractivity contribution >= 4 is 23.7 Å². The smallest absolute Gasteiger partial charge is 0.408 e. The zero-order valence-electron chi connectivity index (χ0n) is 20.9. The molecule has 0 radical (unpaired) electrons. The fourth-order valence-electron chi connectivity index (χ4n) is 4.20. The summed E-state index contributed by atoms with van der Waals surface area (Å²) < 4.78 is 5.44. The highest BCUT2D eigenvalue weighted by Gasteiger charge is 2.47. The number of rotatable bonds is 6. The maximum absolute atomic E-state index is 13.5. The van der Waals surface area contributed by atoms with Crippen molar-refractivity contribution in [3.05, 3.63) is 83.3 Å². The standard InChI is InChI=1S/C27H29N5O5/c1-26(2,3)37-25(36)32-27(13-12-18-7-4-5-8-19(18)27)24(35)30-16-17-10-11-21(29-15-17)31-23(34)22-20(33)9-6-14-28-22/h4-11,14-15,33H,12-13,16H2,1-3H3,(H,30,35)(H,32,36)(H,29,31,34). The number of hydrogen-bond donors (Lipinski definition) is 4. The van der Waals surface area contributed by atoms with Crippen molar-refractivity contribution < 1.29 is 24.2 Å². The molecule has 3 aromatic rings. The van der Waals surface area contributed by atoms with Gasteiger partial charge in [-0.15, -0.1) is 0 Å². The lowest BCUT2D eigenvalue weighted by Crippen LogP contribution is -2.55. The van der Waals surface area contributed by atoms with Crippen LogP contribution in [0.5, 0.6) is 5.75 Å². The van der Waals surface area contributed by atoms with Gasteiger partial charge < -0.3 is 25.8 Å². The lowest BCUT2D eigenvalue weighted by molar-refractivity contribution is -0.128. The SMILES string of the molecule is CC(C)(C)OC(=O)NC1(C(=O)NCc2ccc(NC(=O)c3ncccc3O)nc2)CCc2ccccc21. The number of carbonyl (C=O) groups excluding carboxylic acids is 3. The van der Waals surface area contributed by atoms with E-state index in [-0.39, 0.29) is 29.7 Å². The minimum atomic E-state index is -1.26. The largest absolute Gasteiger partial charge is 0.505 e. The predicted octanol–water partition coefficient (Wildman–Crippen LogP) is 3.42. The molecule has 0 spiro atoms. The van der Waals surface area contributed by atoms with Crippen LogP contribution in [-0.2, 0) is 28.0 Å². The molecule has 1 unspecified atom stereocenters. The third-order valence-corrected chi connectivity index (χ3v) is 5.87. The van der Waals surface area contributed by atoms with E-state index >= 15 is 0 Å². The summed E-state index contributed by atoms with van der Waals surface area (Å²) in [5.41, 5.74) is 0.343. The second-order valence-electron chi connectivity index (χ2n) is 9.75. The van der Waals surface area contributed by atoms with Gasteiger partial charge in [-0.3, -0.25) is 9.59 Å². The molecule has 1 aliphatic rings. The van der Waals surface area contributed by atoms with Crippen molar-refractivity contribution in [1.82, 2.24) is 20.6 Å². The van der Waals surface area contributed by atoms with Crippen LogP contribution in [-0.4, -0.2) is 38.6 Å². The fraction of sp³-hybridized carbons (Fsp3) is 0.296. The van der Waals surface area contributed by atoms with E-state index in [1.165, 1.54) is 24.5 Å². The quantitative estimate of drug-likeness (QED) is 0.404.